The Morgan fingerprint density at radius 1 is 0.632 bits per heavy atom. The number of hydrogen-bond acceptors (Lipinski definition) is 3. The molecule has 0 N–H and O–H groups in total. The van der Waals surface area contributed by atoms with Gasteiger partial charge in [-0.3, -0.25) is 9.59 Å². The van der Waals surface area contributed by atoms with Gasteiger partial charge in [0.2, 0.25) is 0 Å². The number of hydrogen-bond donors (Lipinski definition) is 0. The second-order valence-electron chi connectivity index (χ2n) is 8.00. The minimum Gasteiger partial charge on any atom is -0.298 e. The number of aryl methyl sites for hydroxylation is 1. The van der Waals surface area contributed by atoms with Crippen molar-refractivity contribution in [1.29, 1.82) is 0 Å². The molecule has 0 fully saturated rings. The zero-order valence-electron chi connectivity index (χ0n) is 19.7. The molecule has 0 spiro atoms. The average Bonchev–Trinajstić information content (AvgIpc) is 2.86. The molecule has 0 heterocycles. The van der Waals surface area contributed by atoms with E-state index < -0.39 is 34.9 Å². The molecule has 3 aromatic rings. The van der Waals surface area contributed by atoms with Gasteiger partial charge >= 0.3 is 12.4 Å². The van der Waals surface area contributed by atoms with Gasteiger partial charge in [-0.25, -0.2) is 8.78 Å². The highest BCUT2D eigenvalue weighted by Crippen LogP contribution is 2.34. The van der Waals surface area contributed by atoms with E-state index in [-0.39, 0.29) is 24.0 Å². The molecule has 2 nitrogen and oxygen atoms in total. The van der Waals surface area contributed by atoms with Crippen molar-refractivity contribution in [1.82, 2.24) is 0 Å². The normalized spacial score (nSPS) is 11.5. The fourth-order valence-corrected chi connectivity index (χ4v) is 4.25. The Morgan fingerprint density at radius 3 is 1.71 bits per heavy atom. The summed E-state index contributed by atoms with van der Waals surface area (Å²) in [6.45, 7) is 0. The van der Waals surface area contributed by atoms with Crippen molar-refractivity contribution < 1.29 is 44.7 Å². The lowest BCUT2D eigenvalue weighted by molar-refractivity contribution is -0.138. The number of thioether (sulfide) groups is 1. The zero-order chi connectivity index (χ0) is 28.3. The van der Waals surface area contributed by atoms with Crippen LogP contribution < -0.4 is 0 Å². The van der Waals surface area contributed by atoms with Crippen LogP contribution in [0, 0.1) is 11.6 Å². The number of halogens is 8. The quantitative estimate of drug-likeness (QED) is 0.113. The van der Waals surface area contributed by atoms with E-state index >= 15 is 0 Å². The Balaban J connectivity index is 0.000000328. The second kappa shape index (κ2) is 14.1. The third kappa shape index (κ3) is 9.92. The van der Waals surface area contributed by atoms with Gasteiger partial charge in [-0.2, -0.15) is 26.3 Å². The maximum atomic E-state index is 12.9. The summed E-state index contributed by atoms with van der Waals surface area (Å²) >= 11 is 1.35. The summed E-state index contributed by atoms with van der Waals surface area (Å²) in [5.41, 5.74) is -1.95. The molecule has 0 radical (unpaired) electrons. The minimum absolute atomic E-state index is 0.0439. The van der Waals surface area contributed by atoms with Gasteiger partial charge in [0.05, 0.1) is 11.1 Å². The molecule has 0 unspecified atom stereocenters. The van der Waals surface area contributed by atoms with Crippen molar-refractivity contribution >= 4 is 24.3 Å². The Hall–Kier alpha value is -3.21. The monoisotopic (exact) mass is 562 g/mol. The number of carbonyl (C=O) groups is 2. The molecule has 0 bridgehead atoms. The van der Waals surface area contributed by atoms with Crippen LogP contribution in [0.4, 0.5) is 35.1 Å². The van der Waals surface area contributed by atoms with Crippen molar-refractivity contribution in [3.8, 4) is 0 Å². The van der Waals surface area contributed by atoms with Gasteiger partial charge in [0.25, 0.3) is 0 Å². The van der Waals surface area contributed by atoms with Crippen LogP contribution in [0.15, 0.2) is 65.6 Å². The molecule has 0 aliphatic heterocycles. The summed E-state index contributed by atoms with van der Waals surface area (Å²) in [6.07, 6.45) is -5.32. The van der Waals surface area contributed by atoms with E-state index in [1.807, 2.05) is 0 Å². The Kier molecular flexibility index (Phi) is 11.5. The topological polar surface area (TPSA) is 34.1 Å². The van der Waals surface area contributed by atoms with Crippen molar-refractivity contribution in [2.75, 3.05) is 5.75 Å². The maximum absolute atomic E-state index is 12.9. The van der Waals surface area contributed by atoms with Gasteiger partial charge in [0.15, 0.2) is 12.6 Å². The molecule has 3 rings (SSSR count). The van der Waals surface area contributed by atoms with Crippen LogP contribution in [0.5, 0.6) is 0 Å². The van der Waals surface area contributed by atoms with E-state index in [1.54, 1.807) is 18.2 Å². The molecule has 204 valence electrons. The first-order chi connectivity index (χ1) is 17.8. The summed E-state index contributed by atoms with van der Waals surface area (Å²) < 4.78 is 100. The van der Waals surface area contributed by atoms with E-state index in [9.17, 15) is 44.7 Å². The maximum Gasteiger partial charge on any atom is 0.417 e. The van der Waals surface area contributed by atoms with Gasteiger partial charge in [-0.05, 0) is 79.1 Å². The summed E-state index contributed by atoms with van der Waals surface area (Å²) in [5, 5.41) is 0. The molecular weight excluding hydrogens is 540 g/mol. The standard InChI is InChI=1S/C19H18F4OS.C8H4F4O/c20-16-8-5-14(6-9-16)4-2-1-3-11-25-17-10-7-15(13-24)18(12-17)19(21,22)23;9-6-2-1-5(4-13)7(3-6)8(10,11)12/h5-10,12-13H,1-4,11H2;1-4H. The van der Waals surface area contributed by atoms with Gasteiger partial charge in [0, 0.05) is 16.0 Å². The first-order valence-electron chi connectivity index (χ1n) is 11.2. The van der Waals surface area contributed by atoms with Crippen LogP contribution in [-0.2, 0) is 18.8 Å². The molecule has 0 saturated carbocycles. The van der Waals surface area contributed by atoms with Crippen LogP contribution in [0.3, 0.4) is 0 Å². The largest absolute Gasteiger partial charge is 0.417 e. The third-order valence-corrected chi connectivity index (χ3v) is 6.28. The Labute approximate surface area is 218 Å². The molecule has 11 heteroatoms. The number of carbonyl (C=O) groups excluding carboxylic acids is 2. The molecule has 0 aliphatic carbocycles. The fourth-order valence-electron chi connectivity index (χ4n) is 3.30. The summed E-state index contributed by atoms with van der Waals surface area (Å²) in [6, 6.07) is 12.1. The van der Waals surface area contributed by atoms with Crippen molar-refractivity contribution in [2.45, 2.75) is 42.9 Å². The minimum atomic E-state index is -4.70. The first kappa shape index (κ1) is 31.0. The van der Waals surface area contributed by atoms with Gasteiger partial charge in [0.1, 0.15) is 11.6 Å². The van der Waals surface area contributed by atoms with E-state index in [2.05, 4.69) is 0 Å². The molecule has 0 saturated heterocycles. The van der Waals surface area contributed by atoms with Crippen molar-refractivity contribution in [2.24, 2.45) is 0 Å². The van der Waals surface area contributed by atoms with Crippen LogP contribution in [0.2, 0.25) is 0 Å². The first-order valence-corrected chi connectivity index (χ1v) is 12.2. The number of aldehydes is 2. The molecule has 3 aromatic carbocycles. The van der Waals surface area contributed by atoms with Crippen LogP contribution in [-0.4, -0.2) is 18.3 Å². The lowest BCUT2D eigenvalue weighted by Crippen LogP contribution is -2.09. The predicted octanol–water partition coefficient (Wildman–Crippen LogP) is 8.82. The van der Waals surface area contributed by atoms with Crippen LogP contribution in [0.1, 0.15) is 56.7 Å². The highest BCUT2D eigenvalue weighted by molar-refractivity contribution is 7.99. The molecule has 0 atom stereocenters. The average molecular weight is 563 g/mol. The lowest BCUT2D eigenvalue weighted by Gasteiger charge is -2.11. The molecule has 0 aliphatic rings. The summed E-state index contributed by atoms with van der Waals surface area (Å²) in [5.74, 6) is -0.557. The van der Waals surface area contributed by atoms with E-state index in [0.29, 0.717) is 16.7 Å². The van der Waals surface area contributed by atoms with E-state index in [0.717, 1.165) is 49.4 Å². The number of benzene rings is 3. The Bertz CT molecular complexity index is 1210. The zero-order valence-corrected chi connectivity index (χ0v) is 20.5. The van der Waals surface area contributed by atoms with Crippen LogP contribution in [0.25, 0.3) is 0 Å². The number of alkyl halides is 6. The van der Waals surface area contributed by atoms with Gasteiger partial charge in [-0.1, -0.05) is 18.6 Å². The van der Waals surface area contributed by atoms with Gasteiger partial charge in [-0.15, -0.1) is 11.8 Å². The Morgan fingerprint density at radius 2 is 1.16 bits per heavy atom. The van der Waals surface area contributed by atoms with Crippen LogP contribution >= 0.6 is 11.8 Å². The number of unbranched alkanes of at least 4 members (excludes halogenated alkanes) is 2. The summed E-state index contributed by atoms with van der Waals surface area (Å²) in [4.78, 5) is 21.4. The van der Waals surface area contributed by atoms with Crippen molar-refractivity contribution in [3.63, 3.8) is 0 Å². The third-order valence-electron chi connectivity index (χ3n) is 5.20. The second-order valence-corrected chi connectivity index (χ2v) is 9.17. The summed E-state index contributed by atoms with van der Waals surface area (Å²) in [7, 11) is 0. The molecule has 0 aromatic heterocycles. The smallest absolute Gasteiger partial charge is 0.298 e. The molecule has 0 amide bonds. The highest BCUT2D eigenvalue weighted by Gasteiger charge is 2.34. The van der Waals surface area contributed by atoms with Crippen molar-refractivity contribution in [3.05, 3.63) is 100 Å². The molecule has 38 heavy (non-hydrogen) atoms. The van der Waals surface area contributed by atoms with Gasteiger partial charge < -0.3 is 0 Å². The highest BCUT2D eigenvalue weighted by atomic mass is 32.2. The fraction of sp³-hybridized carbons (Fsp3) is 0.259. The lowest BCUT2D eigenvalue weighted by atomic mass is 10.1. The molecular formula is C27H22F8O2S. The SMILES string of the molecule is O=Cc1ccc(F)cc1C(F)(F)F.O=Cc1ccc(SCCCCCc2ccc(F)cc2)cc1C(F)(F)F. The van der Waals surface area contributed by atoms with E-state index in [1.165, 1.54) is 30.0 Å². The van der Waals surface area contributed by atoms with E-state index in [4.69, 9.17) is 0 Å². The predicted molar refractivity (Wildman–Crippen MR) is 128 cm³/mol. The number of rotatable bonds is 9.